The average molecular weight is 290 g/mol. The van der Waals surface area contributed by atoms with E-state index in [1.54, 1.807) is 7.05 Å². The average Bonchev–Trinajstić information content (AvgIpc) is 2.46. The lowest BCUT2D eigenvalue weighted by Crippen LogP contribution is -2.37. The van der Waals surface area contributed by atoms with Crippen LogP contribution in [0.2, 0.25) is 0 Å². The topological polar surface area (TPSA) is 65.5 Å². The predicted molar refractivity (Wildman–Crippen MR) is 88.5 cm³/mol. The summed E-state index contributed by atoms with van der Waals surface area (Å²) in [5.74, 6) is 0.740. The van der Waals surface area contributed by atoms with Crippen LogP contribution in [0.15, 0.2) is 29.3 Å². The molecule has 0 heterocycles. The Morgan fingerprint density at radius 1 is 1.24 bits per heavy atom. The molecular weight excluding hydrogens is 264 g/mol. The fourth-order valence-electron chi connectivity index (χ4n) is 1.95. The van der Waals surface area contributed by atoms with Crippen LogP contribution in [0.5, 0.6) is 0 Å². The van der Waals surface area contributed by atoms with Crippen LogP contribution in [0.3, 0.4) is 0 Å². The molecule has 0 atom stereocenters. The first-order valence-electron chi connectivity index (χ1n) is 7.46. The number of nitrogens with one attached hydrogen (secondary N) is 3. The highest BCUT2D eigenvalue weighted by molar-refractivity contribution is 5.88. The van der Waals surface area contributed by atoms with E-state index in [1.807, 2.05) is 24.3 Å². The maximum absolute atomic E-state index is 11.1. The standard InChI is InChI=1S/C16H26N4O/c1-4-5-6-10-18-16(17-3)19-12-14-8-7-9-15(11-14)20-13(2)21/h7-9,11H,4-6,10,12H2,1-3H3,(H,20,21)(H2,17,18,19). The van der Waals surface area contributed by atoms with Gasteiger partial charge in [0.25, 0.3) is 0 Å². The number of aliphatic imine (C=N–C) groups is 1. The number of guanidine groups is 1. The van der Waals surface area contributed by atoms with Gasteiger partial charge in [0.15, 0.2) is 5.96 Å². The summed E-state index contributed by atoms with van der Waals surface area (Å²) in [6.07, 6.45) is 3.58. The molecule has 0 aliphatic carbocycles. The van der Waals surface area contributed by atoms with Crippen LogP contribution < -0.4 is 16.0 Å². The van der Waals surface area contributed by atoms with Crippen molar-refractivity contribution >= 4 is 17.6 Å². The van der Waals surface area contributed by atoms with Gasteiger partial charge in [-0.15, -0.1) is 0 Å². The van der Waals surface area contributed by atoms with Gasteiger partial charge >= 0.3 is 0 Å². The third kappa shape index (κ3) is 7.34. The van der Waals surface area contributed by atoms with Gasteiger partial charge in [-0.3, -0.25) is 9.79 Å². The van der Waals surface area contributed by atoms with E-state index >= 15 is 0 Å². The summed E-state index contributed by atoms with van der Waals surface area (Å²) < 4.78 is 0. The molecule has 0 saturated carbocycles. The number of unbranched alkanes of at least 4 members (excludes halogenated alkanes) is 2. The number of carbonyl (C=O) groups excluding carboxylic acids is 1. The number of benzene rings is 1. The molecule has 0 fully saturated rings. The largest absolute Gasteiger partial charge is 0.356 e. The molecule has 1 aromatic carbocycles. The van der Waals surface area contributed by atoms with E-state index in [0.717, 1.165) is 30.2 Å². The second-order valence-electron chi connectivity index (χ2n) is 4.94. The summed E-state index contributed by atoms with van der Waals surface area (Å²) in [4.78, 5) is 15.2. The van der Waals surface area contributed by atoms with Crippen LogP contribution in [-0.2, 0) is 11.3 Å². The zero-order valence-corrected chi connectivity index (χ0v) is 13.2. The summed E-state index contributed by atoms with van der Waals surface area (Å²) in [5, 5.41) is 9.34. The highest BCUT2D eigenvalue weighted by Crippen LogP contribution is 2.10. The van der Waals surface area contributed by atoms with Crippen molar-refractivity contribution in [3.8, 4) is 0 Å². The Labute approximate surface area is 127 Å². The molecule has 5 heteroatoms. The molecule has 0 radical (unpaired) electrons. The Hall–Kier alpha value is -2.04. The highest BCUT2D eigenvalue weighted by atomic mass is 16.1. The van der Waals surface area contributed by atoms with Gasteiger partial charge in [0.05, 0.1) is 0 Å². The third-order valence-corrected chi connectivity index (χ3v) is 3.00. The Morgan fingerprint density at radius 3 is 2.71 bits per heavy atom. The minimum Gasteiger partial charge on any atom is -0.356 e. The van der Waals surface area contributed by atoms with E-state index in [2.05, 4.69) is 27.9 Å². The monoisotopic (exact) mass is 290 g/mol. The SMILES string of the molecule is CCCCCNC(=NC)NCc1cccc(NC(C)=O)c1. The fraction of sp³-hybridized carbons (Fsp3) is 0.500. The van der Waals surface area contributed by atoms with Crippen molar-refractivity contribution in [1.82, 2.24) is 10.6 Å². The summed E-state index contributed by atoms with van der Waals surface area (Å²) in [5.41, 5.74) is 1.91. The van der Waals surface area contributed by atoms with Gasteiger partial charge in [-0.1, -0.05) is 31.9 Å². The van der Waals surface area contributed by atoms with Gasteiger partial charge in [-0.25, -0.2) is 0 Å². The molecule has 0 aliphatic rings. The molecule has 21 heavy (non-hydrogen) atoms. The molecular formula is C16H26N4O. The number of nitrogens with zero attached hydrogens (tertiary/aromatic N) is 1. The van der Waals surface area contributed by atoms with Gasteiger partial charge in [-0.05, 0) is 24.1 Å². The van der Waals surface area contributed by atoms with Gasteiger partial charge < -0.3 is 16.0 Å². The molecule has 116 valence electrons. The van der Waals surface area contributed by atoms with Crippen LogP contribution >= 0.6 is 0 Å². The number of hydrogen-bond acceptors (Lipinski definition) is 2. The quantitative estimate of drug-likeness (QED) is 0.411. The molecule has 3 N–H and O–H groups in total. The van der Waals surface area contributed by atoms with Crippen molar-refractivity contribution in [1.29, 1.82) is 0 Å². The van der Waals surface area contributed by atoms with Gasteiger partial charge in [0.1, 0.15) is 0 Å². The van der Waals surface area contributed by atoms with E-state index in [-0.39, 0.29) is 5.91 Å². The first-order chi connectivity index (χ1) is 10.2. The van der Waals surface area contributed by atoms with Crippen molar-refractivity contribution in [2.75, 3.05) is 18.9 Å². The molecule has 0 spiro atoms. The van der Waals surface area contributed by atoms with Crippen LogP contribution in [0, 0.1) is 0 Å². The molecule has 5 nitrogen and oxygen atoms in total. The summed E-state index contributed by atoms with van der Waals surface area (Å²) in [6.45, 7) is 5.29. The zero-order chi connectivity index (χ0) is 15.5. The molecule has 1 rings (SSSR count). The summed E-state index contributed by atoms with van der Waals surface area (Å²) >= 11 is 0. The second-order valence-corrected chi connectivity index (χ2v) is 4.94. The van der Waals surface area contributed by atoms with Crippen molar-refractivity contribution < 1.29 is 4.79 Å². The Balaban J connectivity index is 2.43. The lowest BCUT2D eigenvalue weighted by atomic mass is 10.2. The van der Waals surface area contributed by atoms with E-state index in [0.29, 0.717) is 6.54 Å². The third-order valence-electron chi connectivity index (χ3n) is 3.00. The predicted octanol–water partition coefficient (Wildman–Crippen LogP) is 2.50. The smallest absolute Gasteiger partial charge is 0.221 e. The van der Waals surface area contributed by atoms with Crippen LogP contribution in [0.4, 0.5) is 5.69 Å². The van der Waals surface area contributed by atoms with E-state index in [9.17, 15) is 4.79 Å². The number of amides is 1. The fourth-order valence-corrected chi connectivity index (χ4v) is 1.95. The van der Waals surface area contributed by atoms with Gasteiger partial charge in [0.2, 0.25) is 5.91 Å². The maximum Gasteiger partial charge on any atom is 0.221 e. The first kappa shape index (κ1) is 17.0. The molecule has 1 amide bonds. The Morgan fingerprint density at radius 2 is 2.05 bits per heavy atom. The number of rotatable bonds is 7. The zero-order valence-electron chi connectivity index (χ0n) is 13.2. The Kier molecular flexibility index (Phi) is 7.94. The minimum atomic E-state index is -0.0616. The lowest BCUT2D eigenvalue weighted by molar-refractivity contribution is -0.114. The van der Waals surface area contributed by atoms with E-state index < -0.39 is 0 Å². The maximum atomic E-state index is 11.1. The van der Waals surface area contributed by atoms with Crippen molar-refractivity contribution in [2.45, 2.75) is 39.7 Å². The summed E-state index contributed by atoms with van der Waals surface area (Å²) in [7, 11) is 1.77. The molecule has 0 bridgehead atoms. The van der Waals surface area contributed by atoms with Crippen LogP contribution in [0.25, 0.3) is 0 Å². The molecule has 0 aromatic heterocycles. The lowest BCUT2D eigenvalue weighted by Gasteiger charge is -2.12. The molecule has 0 aliphatic heterocycles. The first-order valence-corrected chi connectivity index (χ1v) is 7.46. The normalized spacial score (nSPS) is 11.1. The van der Waals surface area contributed by atoms with Gasteiger partial charge in [0, 0.05) is 32.7 Å². The van der Waals surface area contributed by atoms with Crippen LogP contribution in [0.1, 0.15) is 38.7 Å². The van der Waals surface area contributed by atoms with Crippen molar-refractivity contribution in [2.24, 2.45) is 4.99 Å². The number of carbonyl (C=O) groups is 1. The minimum absolute atomic E-state index is 0.0616. The number of hydrogen-bond donors (Lipinski definition) is 3. The second kappa shape index (κ2) is 9.80. The Bertz CT molecular complexity index is 471. The molecule has 0 saturated heterocycles. The van der Waals surface area contributed by atoms with Crippen LogP contribution in [-0.4, -0.2) is 25.5 Å². The van der Waals surface area contributed by atoms with Gasteiger partial charge in [-0.2, -0.15) is 0 Å². The molecule has 0 unspecified atom stereocenters. The van der Waals surface area contributed by atoms with E-state index in [1.165, 1.54) is 19.8 Å². The molecule has 1 aromatic rings. The van der Waals surface area contributed by atoms with E-state index in [4.69, 9.17) is 0 Å². The number of anilines is 1. The van der Waals surface area contributed by atoms with Crippen molar-refractivity contribution in [3.63, 3.8) is 0 Å². The van der Waals surface area contributed by atoms with Crippen molar-refractivity contribution in [3.05, 3.63) is 29.8 Å². The highest BCUT2D eigenvalue weighted by Gasteiger charge is 2.00. The summed E-state index contributed by atoms with van der Waals surface area (Å²) in [6, 6.07) is 7.78.